The van der Waals surface area contributed by atoms with Crippen LogP contribution in [0.15, 0.2) is 5.16 Å². The summed E-state index contributed by atoms with van der Waals surface area (Å²) in [6, 6.07) is 0. The Bertz CT molecular complexity index is 443. The monoisotopic (exact) mass is 291 g/mol. The van der Waals surface area contributed by atoms with Gasteiger partial charge >= 0.3 is 0 Å². The molecule has 0 amide bonds. The zero-order chi connectivity index (χ0) is 14.9. The Labute approximate surface area is 115 Å². The second-order valence-corrected chi connectivity index (χ2v) is 8.73. The van der Waals surface area contributed by atoms with Crippen LogP contribution in [0.1, 0.15) is 40.5 Å². The van der Waals surface area contributed by atoms with Gasteiger partial charge in [0.2, 0.25) is 10.0 Å². The first-order valence-corrected chi connectivity index (χ1v) is 8.07. The van der Waals surface area contributed by atoms with Crippen LogP contribution in [0.5, 0.6) is 0 Å². The van der Waals surface area contributed by atoms with E-state index in [1.54, 1.807) is 0 Å². The lowest BCUT2D eigenvalue weighted by Crippen LogP contribution is -2.48. The minimum atomic E-state index is -3.23. The van der Waals surface area contributed by atoms with Crippen LogP contribution in [0.25, 0.3) is 0 Å². The van der Waals surface area contributed by atoms with Crippen molar-refractivity contribution in [3.63, 3.8) is 0 Å². The quantitative estimate of drug-likeness (QED) is 0.353. The molecule has 3 N–H and O–H groups in total. The van der Waals surface area contributed by atoms with Gasteiger partial charge in [-0.25, -0.2) is 12.7 Å². The lowest BCUT2D eigenvalue weighted by Gasteiger charge is -2.38. The highest BCUT2D eigenvalue weighted by atomic mass is 32.2. The van der Waals surface area contributed by atoms with Gasteiger partial charge in [0, 0.05) is 18.5 Å². The third-order valence-electron chi connectivity index (χ3n) is 3.56. The maximum Gasteiger partial charge on any atom is 0.214 e. The molecule has 0 aliphatic carbocycles. The van der Waals surface area contributed by atoms with Gasteiger partial charge in [0.1, 0.15) is 5.84 Å². The Hall–Kier alpha value is -0.820. The minimum Gasteiger partial charge on any atom is -0.409 e. The number of sulfonamides is 1. The highest BCUT2D eigenvalue weighted by molar-refractivity contribution is 7.89. The molecule has 1 aliphatic rings. The van der Waals surface area contributed by atoms with Crippen LogP contribution < -0.4 is 5.73 Å². The molecule has 1 saturated heterocycles. The van der Waals surface area contributed by atoms with E-state index in [2.05, 4.69) is 5.16 Å². The molecule has 0 bridgehead atoms. The van der Waals surface area contributed by atoms with E-state index < -0.39 is 15.4 Å². The van der Waals surface area contributed by atoms with E-state index in [-0.39, 0.29) is 17.0 Å². The van der Waals surface area contributed by atoms with Crippen molar-refractivity contribution in [1.82, 2.24) is 4.31 Å². The Kier molecular flexibility index (Phi) is 4.51. The molecule has 0 aromatic carbocycles. The summed E-state index contributed by atoms with van der Waals surface area (Å²) in [4.78, 5) is 0. The van der Waals surface area contributed by atoms with E-state index in [4.69, 9.17) is 10.9 Å². The molecule has 1 rings (SSSR count). The number of hydrogen-bond donors (Lipinski definition) is 2. The van der Waals surface area contributed by atoms with E-state index >= 15 is 0 Å². The van der Waals surface area contributed by atoms with Crippen LogP contribution in [0.3, 0.4) is 0 Å². The van der Waals surface area contributed by atoms with Gasteiger partial charge in [0.25, 0.3) is 0 Å². The predicted octanol–water partition coefficient (Wildman–Crippen LogP) is 1.21. The van der Waals surface area contributed by atoms with Gasteiger partial charge in [-0.2, -0.15) is 0 Å². The molecule has 0 atom stereocenters. The van der Waals surface area contributed by atoms with Crippen molar-refractivity contribution in [1.29, 1.82) is 0 Å². The Morgan fingerprint density at radius 3 is 2.21 bits per heavy atom. The minimum absolute atomic E-state index is 0.139. The molecule has 0 saturated carbocycles. The van der Waals surface area contributed by atoms with Crippen molar-refractivity contribution >= 4 is 15.9 Å². The Morgan fingerprint density at radius 2 is 1.84 bits per heavy atom. The molecule has 0 aromatic heterocycles. The summed E-state index contributed by atoms with van der Waals surface area (Å²) in [6.07, 6.45) is 1.15. The van der Waals surface area contributed by atoms with Crippen LogP contribution in [0.2, 0.25) is 0 Å². The highest BCUT2D eigenvalue weighted by Gasteiger charge is 2.38. The number of rotatable bonds is 3. The van der Waals surface area contributed by atoms with Gasteiger partial charge in [0.05, 0.1) is 5.75 Å². The average molecular weight is 291 g/mol. The first-order valence-electron chi connectivity index (χ1n) is 6.46. The maximum atomic E-state index is 12.3. The molecule has 1 fully saturated rings. The maximum absolute atomic E-state index is 12.3. The first kappa shape index (κ1) is 16.2. The van der Waals surface area contributed by atoms with Gasteiger partial charge in [-0.1, -0.05) is 32.9 Å². The standard InChI is InChI=1S/C12H25N3O3S/c1-11(2,3)9-19(17,18)15-7-5-12(4,6-8-15)10(13)14-16/h16H,5-9H2,1-4H3,(H2,13,14). The molecular formula is C12H25N3O3S. The fourth-order valence-corrected chi connectivity index (χ4v) is 4.29. The number of hydrogen-bond acceptors (Lipinski definition) is 4. The summed E-state index contributed by atoms with van der Waals surface area (Å²) < 4.78 is 26.1. The number of piperidine rings is 1. The second-order valence-electron chi connectivity index (χ2n) is 6.76. The van der Waals surface area contributed by atoms with Crippen molar-refractivity contribution in [2.75, 3.05) is 18.8 Å². The molecule has 6 nitrogen and oxygen atoms in total. The topological polar surface area (TPSA) is 96.0 Å². The summed E-state index contributed by atoms with van der Waals surface area (Å²) >= 11 is 0. The predicted molar refractivity (Wildman–Crippen MR) is 75.6 cm³/mol. The van der Waals surface area contributed by atoms with Gasteiger partial charge in [-0.05, 0) is 18.3 Å². The Balaban J connectivity index is 2.74. The number of amidine groups is 1. The molecule has 112 valence electrons. The molecule has 0 spiro atoms. The van der Waals surface area contributed by atoms with Crippen LogP contribution in [-0.4, -0.2) is 42.6 Å². The second kappa shape index (κ2) is 5.28. The molecule has 0 unspecified atom stereocenters. The highest BCUT2D eigenvalue weighted by Crippen LogP contribution is 2.33. The molecule has 1 aliphatic heterocycles. The van der Waals surface area contributed by atoms with E-state index in [0.29, 0.717) is 25.9 Å². The third-order valence-corrected chi connectivity index (χ3v) is 5.94. The van der Waals surface area contributed by atoms with Crippen LogP contribution in [0, 0.1) is 10.8 Å². The van der Waals surface area contributed by atoms with E-state index in [9.17, 15) is 8.42 Å². The number of oxime groups is 1. The number of nitrogens with two attached hydrogens (primary N) is 1. The summed E-state index contributed by atoms with van der Waals surface area (Å²) in [5.41, 5.74) is 5.00. The lowest BCUT2D eigenvalue weighted by molar-refractivity contribution is 0.228. The fraction of sp³-hybridized carbons (Fsp3) is 0.917. The molecule has 1 heterocycles. The van der Waals surface area contributed by atoms with Gasteiger partial charge < -0.3 is 10.9 Å². The summed E-state index contributed by atoms with van der Waals surface area (Å²) in [7, 11) is -3.23. The lowest BCUT2D eigenvalue weighted by atomic mass is 9.80. The van der Waals surface area contributed by atoms with E-state index in [0.717, 1.165) is 0 Å². The van der Waals surface area contributed by atoms with Crippen molar-refractivity contribution in [3.05, 3.63) is 0 Å². The first-order chi connectivity index (χ1) is 8.50. The van der Waals surface area contributed by atoms with Crippen molar-refractivity contribution in [2.45, 2.75) is 40.5 Å². The fourth-order valence-electron chi connectivity index (χ4n) is 2.27. The largest absolute Gasteiger partial charge is 0.409 e. The molecular weight excluding hydrogens is 266 g/mol. The molecule has 7 heteroatoms. The zero-order valence-electron chi connectivity index (χ0n) is 12.2. The van der Waals surface area contributed by atoms with Gasteiger partial charge in [0.15, 0.2) is 0 Å². The van der Waals surface area contributed by atoms with Crippen LogP contribution in [-0.2, 0) is 10.0 Å². The van der Waals surface area contributed by atoms with Crippen molar-refractivity contribution in [2.24, 2.45) is 21.7 Å². The summed E-state index contributed by atoms with van der Waals surface area (Å²) in [5.74, 6) is 0.320. The molecule has 19 heavy (non-hydrogen) atoms. The van der Waals surface area contributed by atoms with E-state index in [1.165, 1.54) is 4.31 Å². The SMILES string of the molecule is CC(C)(C)CS(=O)(=O)N1CCC(C)(C(N)=NO)CC1. The van der Waals surface area contributed by atoms with Crippen molar-refractivity contribution < 1.29 is 13.6 Å². The third kappa shape index (κ3) is 4.07. The normalized spacial score (nSPS) is 22.4. The summed E-state index contributed by atoms with van der Waals surface area (Å²) in [6.45, 7) is 8.48. The molecule has 0 aromatic rings. The zero-order valence-corrected chi connectivity index (χ0v) is 13.0. The van der Waals surface area contributed by atoms with Crippen LogP contribution >= 0.6 is 0 Å². The molecule has 0 radical (unpaired) electrons. The van der Waals surface area contributed by atoms with Gasteiger partial charge in [-0.3, -0.25) is 0 Å². The number of nitrogens with zero attached hydrogens (tertiary/aromatic N) is 2. The smallest absolute Gasteiger partial charge is 0.214 e. The average Bonchev–Trinajstić information content (AvgIpc) is 2.25. The van der Waals surface area contributed by atoms with Gasteiger partial charge in [-0.15, -0.1) is 0 Å². The van der Waals surface area contributed by atoms with E-state index in [1.807, 2.05) is 27.7 Å². The Morgan fingerprint density at radius 1 is 1.37 bits per heavy atom. The van der Waals surface area contributed by atoms with Crippen molar-refractivity contribution in [3.8, 4) is 0 Å². The van der Waals surface area contributed by atoms with Crippen LogP contribution in [0.4, 0.5) is 0 Å². The summed E-state index contributed by atoms with van der Waals surface area (Å²) in [5, 5.41) is 11.8.